The molecule has 1 heterocycles. The number of carboxylic acids is 1. The summed E-state index contributed by atoms with van der Waals surface area (Å²) in [6, 6.07) is 4.82. The van der Waals surface area contributed by atoms with Gasteiger partial charge >= 0.3 is 5.97 Å². The molecule has 2 aliphatic rings. The summed E-state index contributed by atoms with van der Waals surface area (Å²) in [4.78, 5) is 13.6. The second kappa shape index (κ2) is 6.05. The molecule has 1 aromatic carbocycles. The minimum absolute atomic E-state index is 0.271. The fourth-order valence-electron chi connectivity index (χ4n) is 3.87. The van der Waals surface area contributed by atoms with E-state index in [1.807, 2.05) is 11.0 Å². The number of benzene rings is 1. The molecule has 0 aromatic heterocycles. The molecule has 0 bridgehead atoms. The molecule has 114 valence electrons. The molecule has 1 saturated heterocycles. The van der Waals surface area contributed by atoms with Crippen molar-refractivity contribution in [2.24, 2.45) is 5.92 Å². The Morgan fingerprint density at radius 2 is 2.14 bits per heavy atom. The summed E-state index contributed by atoms with van der Waals surface area (Å²) in [5, 5.41) is 9.48. The van der Waals surface area contributed by atoms with Crippen molar-refractivity contribution in [1.29, 1.82) is 0 Å². The van der Waals surface area contributed by atoms with E-state index in [0.29, 0.717) is 35.0 Å². The molecule has 0 radical (unpaired) electrons. The average molecular weight is 356 g/mol. The van der Waals surface area contributed by atoms with Crippen molar-refractivity contribution in [2.45, 2.75) is 50.7 Å². The number of aliphatic carboxylic acids is 1. The maximum Gasteiger partial charge on any atom is 0.320 e. The Bertz CT molecular complexity index is 551. The van der Waals surface area contributed by atoms with E-state index in [0.717, 1.165) is 19.3 Å². The molecule has 5 heteroatoms. The van der Waals surface area contributed by atoms with Crippen LogP contribution >= 0.6 is 15.9 Å². The first kappa shape index (κ1) is 15.0. The van der Waals surface area contributed by atoms with Crippen molar-refractivity contribution in [2.75, 3.05) is 0 Å². The maximum atomic E-state index is 14.1. The average Bonchev–Trinajstić information content (AvgIpc) is 2.81. The highest BCUT2D eigenvalue weighted by atomic mass is 79.9. The van der Waals surface area contributed by atoms with Crippen molar-refractivity contribution >= 4 is 21.9 Å². The summed E-state index contributed by atoms with van der Waals surface area (Å²) in [5.74, 6) is -0.590. The first-order valence-corrected chi connectivity index (χ1v) is 8.28. The van der Waals surface area contributed by atoms with E-state index < -0.39 is 12.0 Å². The number of rotatable bonds is 3. The summed E-state index contributed by atoms with van der Waals surface area (Å²) in [7, 11) is 0. The van der Waals surface area contributed by atoms with Crippen LogP contribution in [0.4, 0.5) is 4.39 Å². The molecule has 0 amide bonds. The van der Waals surface area contributed by atoms with E-state index in [4.69, 9.17) is 0 Å². The topological polar surface area (TPSA) is 40.5 Å². The second-order valence-electron chi connectivity index (χ2n) is 6.11. The lowest BCUT2D eigenvalue weighted by molar-refractivity contribution is -0.142. The van der Waals surface area contributed by atoms with Gasteiger partial charge in [0.25, 0.3) is 0 Å². The van der Waals surface area contributed by atoms with Gasteiger partial charge in [-0.15, -0.1) is 0 Å². The number of hydrogen-bond acceptors (Lipinski definition) is 2. The quantitative estimate of drug-likeness (QED) is 0.896. The van der Waals surface area contributed by atoms with Gasteiger partial charge in [0.15, 0.2) is 0 Å². The Kier molecular flexibility index (Phi) is 4.31. The summed E-state index contributed by atoms with van der Waals surface area (Å²) in [5.41, 5.74) is 0.579. The van der Waals surface area contributed by atoms with Crippen LogP contribution < -0.4 is 0 Å². The predicted octanol–water partition coefficient (Wildman–Crippen LogP) is 3.81. The number of carboxylic acid groups (broad SMARTS) is 1. The minimum Gasteiger partial charge on any atom is -0.480 e. The zero-order valence-electron chi connectivity index (χ0n) is 11.8. The molecule has 3 rings (SSSR count). The van der Waals surface area contributed by atoms with Crippen molar-refractivity contribution in [1.82, 2.24) is 4.90 Å². The Morgan fingerprint density at radius 1 is 1.38 bits per heavy atom. The summed E-state index contributed by atoms with van der Waals surface area (Å²) < 4.78 is 14.8. The summed E-state index contributed by atoms with van der Waals surface area (Å²) in [6.45, 7) is 0.386. The molecule has 1 aliphatic carbocycles. The number of fused-ring (bicyclic) bond motifs is 1. The fourth-order valence-corrected chi connectivity index (χ4v) is 4.20. The zero-order chi connectivity index (χ0) is 15.0. The normalized spacial score (nSPS) is 29.3. The highest BCUT2D eigenvalue weighted by Crippen LogP contribution is 2.40. The molecule has 3 atom stereocenters. The maximum absolute atomic E-state index is 14.1. The summed E-state index contributed by atoms with van der Waals surface area (Å²) in [6.07, 6.45) is 5.18. The van der Waals surface area contributed by atoms with Crippen LogP contribution in [0, 0.1) is 11.7 Å². The van der Waals surface area contributed by atoms with E-state index in [9.17, 15) is 14.3 Å². The van der Waals surface area contributed by atoms with Crippen molar-refractivity contribution in [3.63, 3.8) is 0 Å². The van der Waals surface area contributed by atoms with Crippen LogP contribution in [0.3, 0.4) is 0 Å². The molecular weight excluding hydrogens is 337 g/mol. The van der Waals surface area contributed by atoms with Crippen LogP contribution in [0.25, 0.3) is 0 Å². The van der Waals surface area contributed by atoms with E-state index >= 15 is 0 Å². The van der Waals surface area contributed by atoms with E-state index in [-0.39, 0.29) is 5.82 Å². The predicted molar refractivity (Wildman–Crippen MR) is 81.4 cm³/mol. The number of nitrogens with zero attached hydrogens (tertiary/aromatic N) is 1. The Balaban J connectivity index is 1.84. The molecule has 21 heavy (non-hydrogen) atoms. The third kappa shape index (κ3) is 2.99. The number of halogens is 2. The second-order valence-corrected chi connectivity index (χ2v) is 7.03. The smallest absolute Gasteiger partial charge is 0.320 e. The molecule has 0 unspecified atom stereocenters. The van der Waals surface area contributed by atoms with Crippen molar-refractivity contribution < 1.29 is 14.3 Å². The molecule has 1 saturated carbocycles. The molecule has 3 nitrogen and oxygen atoms in total. The monoisotopic (exact) mass is 355 g/mol. The van der Waals surface area contributed by atoms with Gasteiger partial charge in [0.2, 0.25) is 0 Å². The molecule has 2 fully saturated rings. The largest absolute Gasteiger partial charge is 0.480 e. The lowest BCUT2D eigenvalue weighted by atomic mass is 9.84. The van der Waals surface area contributed by atoms with Crippen LogP contribution in [0.1, 0.15) is 37.7 Å². The van der Waals surface area contributed by atoms with Crippen molar-refractivity contribution in [3.8, 4) is 0 Å². The molecule has 1 N–H and O–H groups in total. The lowest BCUT2D eigenvalue weighted by Crippen LogP contribution is -2.41. The molecule has 0 spiro atoms. The first-order valence-electron chi connectivity index (χ1n) is 7.48. The Labute approximate surface area is 132 Å². The van der Waals surface area contributed by atoms with Crippen LogP contribution in [0.2, 0.25) is 0 Å². The number of carbonyl (C=O) groups is 1. The van der Waals surface area contributed by atoms with Crippen LogP contribution in [0.15, 0.2) is 22.7 Å². The van der Waals surface area contributed by atoms with Gasteiger partial charge in [0, 0.05) is 22.6 Å². The number of likely N-dealkylation sites (tertiary alicyclic amines) is 1. The van der Waals surface area contributed by atoms with E-state index in [1.54, 1.807) is 6.07 Å². The molecule has 1 aromatic rings. The van der Waals surface area contributed by atoms with Crippen LogP contribution in [-0.2, 0) is 11.3 Å². The van der Waals surface area contributed by atoms with Gasteiger partial charge in [-0.25, -0.2) is 4.39 Å². The molecular formula is C16H19BrFNO2. The van der Waals surface area contributed by atoms with Gasteiger partial charge < -0.3 is 5.11 Å². The first-order chi connectivity index (χ1) is 10.1. The highest BCUT2D eigenvalue weighted by Gasteiger charge is 2.45. The van der Waals surface area contributed by atoms with Gasteiger partial charge in [-0.3, -0.25) is 9.69 Å². The van der Waals surface area contributed by atoms with Gasteiger partial charge in [-0.1, -0.05) is 34.8 Å². The zero-order valence-corrected chi connectivity index (χ0v) is 13.4. The fraction of sp³-hybridized carbons (Fsp3) is 0.562. The van der Waals surface area contributed by atoms with Gasteiger partial charge in [0.1, 0.15) is 11.9 Å². The van der Waals surface area contributed by atoms with Gasteiger partial charge in [0.05, 0.1) is 0 Å². The molecule has 1 aliphatic heterocycles. The van der Waals surface area contributed by atoms with E-state index in [1.165, 1.54) is 12.5 Å². The third-order valence-electron chi connectivity index (χ3n) is 4.87. The lowest BCUT2D eigenvalue weighted by Gasteiger charge is -2.33. The minimum atomic E-state index is -0.776. The van der Waals surface area contributed by atoms with Crippen molar-refractivity contribution in [3.05, 3.63) is 34.1 Å². The van der Waals surface area contributed by atoms with E-state index in [2.05, 4.69) is 15.9 Å². The van der Waals surface area contributed by atoms with Crippen LogP contribution in [-0.4, -0.2) is 28.1 Å². The standard InChI is InChI=1S/C16H19BrFNO2/c17-12-6-5-11(13(18)8-12)9-19-14-4-2-1-3-10(14)7-15(19)16(20)21/h5-6,8,10,14-15H,1-4,7,9H2,(H,20,21)/t10-,14-,15-/m0/s1. The van der Waals surface area contributed by atoms with Gasteiger partial charge in [-0.05, 0) is 37.3 Å². The Hall–Kier alpha value is -0.940. The number of hydrogen-bond donors (Lipinski definition) is 1. The summed E-state index contributed by atoms with van der Waals surface area (Å²) >= 11 is 3.25. The van der Waals surface area contributed by atoms with Crippen LogP contribution in [0.5, 0.6) is 0 Å². The SMILES string of the molecule is O=C(O)[C@@H]1C[C@@H]2CCCC[C@@H]2N1Cc1ccc(Br)cc1F. The van der Waals surface area contributed by atoms with Gasteiger partial charge in [-0.2, -0.15) is 0 Å². The third-order valence-corrected chi connectivity index (χ3v) is 5.37. The Morgan fingerprint density at radius 3 is 2.86 bits per heavy atom. The highest BCUT2D eigenvalue weighted by molar-refractivity contribution is 9.10.